The first-order valence-electron chi connectivity index (χ1n) is 8.83. The Labute approximate surface area is 148 Å². The number of benzene rings is 1. The van der Waals surface area contributed by atoms with Crippen molar-refractivity contribution in [2.45, 2.75) is 39.7 Å². The lowest BCUT2D eigenvalue weighted by Crippen LogP contribution is -2.48. The highest BCUT2D eigenvalue weighted by Gasteiger charge is 2.44. The first-order chi connectivity index (χ1) is 11.8. The minimum absolute atomic E-state index is 0.140. The zero-order chi connectivity index (χ0) is 18.1. The number of piperidine rings is 1. The molecule has 0 radical (unpaired) electrons. The van der Waals surface area contributed by atoms with Gasteiger partial charge in [-0.05, 0) is 42.5 Å². The molecule has 1 aromatic carbocycles. The molecule has 1 N–H and O–H groups in total. The van der Waals surface area contributed by atoms with Crippen LogP contribution in [0.25, 0.3) is 0 Å². The third kappa shape index (κ3) is 3.74. The second-order valence-electron chi connectivity index (χ2n) is 7.42. The number of nitrogens with zero attached hydrogens (tertiary/aromatic N) is 2. The highest BCUT2D eigenvalue weighted by Crippen LogP contribution is 2.30. The summed E-state index contributed by atoms with van der Waals surface area (Å²) in [4.78, 5) is 39.9. The van der Waals surface area contributed by atoms with Crippen LogP contribution >= 0.6 is 0 Å². The number of hydrogen-bond acceptors (Lipinski definition) is 4. The van der Waals surface area contributed by atoms with E-state index in [1.165, 1.54) is 18.2 Å². The molecular formula is C19H25N3O3. The monoisotopic (exact) mass is 343 g/mol. The quantitative estimate of drug-likeness (QED) is 0.855. The number of hydrogen-bond donors (Lipinski definition) is 1. The van der Waals surface area contributed by atoms with Crippen LogP contribution in [0.4, 0.5) is 11.4 Å². The van der Waals surface area contributed by atoms with Crippen molar-refractivity contribution in [3.8, 4) is 0 Å². The highest BCUT2D eigenvalue weighted by molar-refractivity contribution is 6.22. The second kappa shape index (κ2) is 6.96. The second-order valence-corrected chi connectivity index (χ2v) is 7.42. The average molecular weight is 343 g/mol. The molecule has 0 bridgehead atoms. The van der Waals surface area contributed by atoms with Crippen molar-refractivity contribution >= 4 is 29.1 Å². The lowest BCUT2D eigenvalue weighted by molar-refractivity contribution is -0.123. The Balaban J connectivity index is 1.76. The lowest BCUT2D eigenvalue weighted by Gasteiger charge is -2.37. The van der Waals surface area contributed by atoms with Crippen LogP contribution in [-0.4, -0.2) is 41.8 Å². The van der Waals surface area contributed by atoms with E-state index in [-0.39, 0.29) is 30.2 Å². The van der Waals surface area contributed by atoms with Gasteiger partial charge in [-0.25, -0.2) is 4.90 Å². The summed E-state index contributed by atoms with van der Waals surface area (Å²) in [5, 5.41) is 2.68. The Kier molecular flexibility index (Phi) is 4.90. The summed E-state index contributed by atoms with van der Waals surface area (Å²) in [5.74, 6) is 0.622. The van der Waals surface area contributed by atoms with Crippen molar-refractivity contribution < 1.29 is 14.4 Å². The largest absolute Gasteiger partial charge is 0.326 e. The van der Waals surface area contributed by atoms with Crippen molar-refractivity contribution in [1.29, 1.82) is 0 Å². The molecular weight excluding hydrogens is 318 g/mol. The van der Waals surface area contributed by atoms with Gasteiger partial charge in [0.2, 0.25) is 11.8 Å². The molecule has 6 heteroatoms. The Bertz CT molecular complexity index is 676. The number of carbonyl (C=O) groups is 3. The SMILES string of the molecule is CC(=O)Nc1ccc(N2C(=O)C[C@@H](N3C[C@H](C)C[C@H](C)C3)C2=O)cc1. The molecule has 0 spiro atoms. The van der Waals surface area contributed by atoms with Gasteiger partial charge in [0.05, 0.1) is 18.2 Å². The van der Waals surface area contributed by atoms with E-state index in [1.807, 2.05) is 0 Å². The Morgan fingerprint density at radius 1 is 1.08 bits per heavy atom. The summed E-state index contributed by atoms with van der Waals surface area (Å²) >= 11 is 0. The number of likely N-dealkylation sites (tertiary alicyclic amines) is 1. The fourth-order valence-electron chi connectivity index (χ4n) is 4.04. The predicted octanol–water partition coefficient (Wildman–Crippen LogP) is 2.25. The molecule has 3 amide bonds. The van der Waals surface area contributed by atoms with Gasteiger partial charge >= 0.3 is 0 Å². The van der Waals surface area contributed by atoms with Crippen LogP contribution < -0.4 is 10.2 Å². The van der Waals surface area contributed by atoms with Gasteiger partial charge in [-0.15, -0.1) is 0 Å². The number of carbonyl (C=O) groups excluding carboxylic acids is 3. The molecule has 25 heavy (non-hydrogen) atoms. The zero-order valence-electron chi connectivity index (χ0n) is 15.0. The van der Waals surface area contributed by atoms with Crippen LogP contribution in [-0.2, 0) is 14.4 Å². The maximum atomic E-state index is 12.9. The molecule has 1 aromatic rings. The highest BCUT2D eigenvalue weighted by atomic mass is 16.2. The molecule has 2 heterocycles. The van der Waals surface area contributed by atoms with Crippen LogP contribution in [0.5, 0.6) is 0 Å². The summed E-state index contributed by atoms with van der Waals surface area (Å²) < 4.78 is 0. The van der Waals surface area contributed by atoms with E-state index in [0.29, 0.717) is 23.2 Å². The van der Waals surface area contributed by atoms with Gasteiger partial charge in [0.25, 0.3) is 5.91 Å². The predicted molar refractivity (Wildman–Crippen MR) is 96.2 cm³/mol. The maximum Gasteiger partial charge on any atom is 0.251 e. The number of nitrogens with one attached hydrogen (secondary N) is 1. The Morgan fingerprint density at radius 3 is 2.24 bits per heavy atom. The molecule has 134 valence electrons. The first-order valence-corrected chi connectivity index (χ1v) is 8.83. The molecule has 2 fully saturated rings. The topological polar surface area (TPSA) is 69.7 Å². The summed E-state index contributed by atoms with van der Waals surface area (Å²) in [5.41, 5.74) is 1.20. The van der Waals surface area contributed by atoms with E-state index in [2.05, 4.69) is 24.1 Å². The van der Waals surface area contributed by atoms with Crippen LogP contribution in [0.3, 0.4) is 0 Å². The van der Waals surface area contributed by atoms with Gasteiger partial charge in [-0.1, -0.05) is 13.8 Å². The van der Waals surface area contributed by atoms with Crippen LogP contribution in [0.1, 0.15) is 33.6 Å². The molecule has 2 saturated heterocycles. The Hall–Kier alpha value is -2.21. The van der Waals surface area contributed by atoms with E-state index in [0.717, 1.165) is 13.1 Å². The lowest BCUT2D eigenvalue weighted by atomic mass is 9.90. The number of anilines is 2. The fraction of sp³-hybridized carbons (Fsp3) is 0.526. The van der Waals surface area contributed by atoms with Crippen LogP contribution in [0, 0.1) is 11.8 Å². The molecule has 0 saturated carbocycles. The molecule has 6 nitrogen and oxygen atoms in total. The average Bonchev–Trinajstić information content (AvgIpc) is 2.82. The van der Waals surface area contributed by atoms with E-state index >= 15 is 0 Å². The Morgan fingerprint density at radius 2 is 1.68 bits per heavy atom. The van der Waals surface area contributed by atoms with Crippen molar-refractivity contribution in [3.63, 3.8) is 0 Å². The molecule has 3 rings (SSSR count). The van der Waals surface area contributed by atoms with E-state index in [4.69, 9.17) is 0 Å². The summed E-state index contributed by atoms with van der Waals surface area (Å²) in [6.07, 6.45) is 1.41. The molecule has 2 aliphatic heterocycles. The van der Waals surface area contributed by atoms with Gasteiger partial charge in [-0.2, -0.15) is 0 Å². The smallest absolute Gasteiger partial charge is 0.251 e. The molecule has 3 atom stereocenters. The minimum atomic E-state index is -0.354. The zero-order valence-corrected chi connectivity index (χ0v) is 15.0. The van der Waals surface area contributed by atoms with Gasteiger partial charge in [0.1, 0.15) is 0 Å². The number of imide groups is 1. The first kappa shape index (κ1) is 17.6. The van der Waals surface area contributed by atoms with Crippen molar-refractivity contribution in [3.05, 3.63) is 24.3 Å². The van der Waals surface area contributed by atoms with Gasteiger partial charge < -0.3 is 5.32 Å². The van der Waals surface area contributed by atoms with Gasteiger partial charge in [-0.3, -0.25) is 19.3 Å². The maximum absolute atomic E-state index is 12.9. The molecule has 0 aromatic heterocycles. The molecule has 2 aliphatic rings. The summed E-state index contributed by atoms with van der Waals surface area (Å²) in [6, 6.07) is 6.45. The fourth-order valence-corrected chi connectivity index (χ4v) is 4.04. The molecule has 0 aliphatic carbocycles. The minimum Gasteiger partial charge on any atom is -0.326 e. The van der Waals surface area contributed by atoms with Crippen LogP contribution in [0.15, 0.2) is 24.3 Å². The van der Waals surface area contributed by atoms with Crippen molar-refractivity contribution in [1.82, 2.24) is 4.90 Å². The van der Waals surface area contributed by atoms with Crippen molar-refractivity contribution in [2.24, 2.45) is 11.8 Å². The van der Waals surface area contributed by atoms with Crippen LogP contribution in [0.2, 0.25) is 0 Å². The number of rotatable bonds is 3. The number of amides is 3. The van der Waals surface area contributed by atoms with E-state index < -0.39 is 0 Å². The van der Waals surface area contributed by atoms with Crippen molar-refractivity contribution in [2.75, 3.05) is 23.3 Å². The standard InChI is InChI=1S/C19H25N3O3/c1-12-8-13(2)11-21(10-12)17-9-18(24)22(19(17)25)16-6-4-15(5-7-16)20-14(3)23/h4-7,12-13,17H,8-11H2,1-3H3,(H,20,23)/t12-,13+,17-/m1/s1. The third-order valence-electron chi connectivity index (χ3n) is 4.91. The van der Waals surface area contributed by atoms with Gasteiger partial charge in [0, 0.05) is 25.7 Å². The van der Waals surface area contributed by atoms with E-state index in [1.54, 1.807) is 24.3 Å². The third-order valence-corrected chi connectivity index (χ3v) is 4.91. The van der Waals surface area contributed by atoms with E-state index in [9.17, 15) is 14.4 Å². The summed E-state index contributed by atoms with van der Waals surface area (Å²) in [6.45, 7) is 7.56. The molecule has 0 unspecified atom stereocenters. The normalized spacial score (nSPS) is 27.6. The summed E-state index contributed by atoms with van der Waals surface area (Å²) in [7, 11) is 0. The van der Waals surface area contributed by atoms with Gasteiger partial charge in [0.15, 0.2) is 0 Å².